The molecule has 0 aliphatic heterocycles. The van der Waals surface area contributed by atoms with Crippen LogP contribution in [0, 0.1) is 0 Å². The summed E-state index contributed by atoms with van der Waals surface area (Å²) >= 11 is 0. The molecule has 100 valence electrons. The molecule has 0 saturated carbocycles. The highest BCUT2D eigenvalue weighted by Gasteiger charge is 2.20. The minimum absolute atomic E-state index is 0.279. The van der Waals surface area contributed by atoms with E-state index in [2.05, 4.69) is 6.92 Å². The molecule has 1 aromatic rings. The zero-order chi connectivity index (χ0) is 13.4. The summed E-state index contributed by atoms with van der Waals surface area (Å²) < 4.78 is 10.7. The van der Waals surface area contributed by atoms with E-state index >= 15 is 0 Å². The summed E-state index contributed by atoms with van der Waals surface area (Å²) in [6, 6.07) is 7.84. The predicted molar refractivity (Wildman–Crippen MR) is 71.8 cm³/mol. The molecule has 0 aliphatic carbocycles. The van der Waals surface area contributed by atoms with Crippen molar-refractivity contribution < 1.29 is 14.3 Å². The maximum absolute atomic E-state index is 11.7. The topological polar surface area (TPSA) is 35.5 Å². The van der Waals surface area contributed by atoms with E-state index in [1.54, 1.807) is 6.92 Å². The summed E-state index contributed by atoms with van der Waals surface area (Å²) in [6.45, 7) is 6.32. The second kappa shape index (κ2) is 7.75. The van der Waals surface area contributed by atoms with Crippen LogP contribution in [0.2, 0.25) is 0 Å². The van der Waals surface area contributed by atoms with Crippen molar-refractivity contribution in [1.82, 2.24) is 0 Å². The fourth-order valence-corrected chi connectivity index (χ4v) is 1.69. The van der Waals surface area contributed by atoms with Gasteiger partial charge in [-0.2, -0.15) is 0 Å². The summed E-state index contributed by atoms with van der Waals surface area (Å²) in [7, 11) is 0. The molecule has 18 heavy (non-hydrogen) atoms. The van der Waals surface area contributed by atoms with Crippen LogP contribution in [0.15, 0.2) is 24.3 Å². The van der Waals surface area contributed by atoms with Crippen LogP contribution < -0.4 is 4.74 Å². The minimum atomic E-state index is -0.498. The normalized spacial score (nSPS) is 11.9. The average molecular weight is 250 g/mol. The zero-order valence-electron chi connectivity index (χ0n) is 11.4. The fraction of sp³-hybridized carbons (Fsp3) is 0.533. The molecule has 1 rings (SSSR count). The molecule has 3 nitrogen and oxygen atoms in total. The number of carbonyl (C=O) groups excluding carboxylic acids is 1. The van der Waals surface area contributed by atoms with Crippen LogP contribution in [0.4, 0.5) is 0 Å². The molecule has 0 heterocycles. The van der Waals surface area contributed by atoms with E-state index in [0.29, 0.717) is 13.0 Å². The third kappa shape index (κ3) is 4.40. The number of ether oxygens (including phenoxy) is 2. The Bertz CT molecular complexity index is 357. The fourth-order valence-electron chi connectivity index (χ4n) is 1.69. The molecule has 0 bridgehead atoms. The van der Waals surface area contributed by atoms with E-state index in [0.717, 1.165) is 18.6 Å². The van der Waals surface area contributed by atoms with Crippen molar-refractivity contribution in [2.24, 2.45) is 0 Å². The number of hydrogen-bond acceptors (Lipinski definition) is 3. The molecule has 1 unspecified atom stereocenters. The minimum Gasteiger partial charge on any atom is -0.479 e. The maximum atomic E-state index is 11.7. The van der Waals surface area contributed by atoms with Gasteiger partial charge in [-0.3, -0.25) is 0 Å². The number of hydrogen-bond donors (Lipinski definition) is 0. The first kappa shape index (κ1) is 14.6. The third-order valence-corrected chi connectivity index (χ3v) is 2.71. The van der Waals surface area contributed by atoms with E-state index in [1.165, 1.54) is 5.56 Å². The van der Waals surface area contributed by atoms with E-state index < -0.39 is 6.10 Å². The second-order valence-electron chi connectivity index (χ2n) is 4.14. The van der Waals surface area contributed by atoms with Crippen molar-refractivity contribution in [2.45, 2.75) is 46.1 Å². The molecule has 0 fully saturated rings. The number of benzene rings is 1. The molecule has 0 N–H and O–H groups in total. The van der Waals surface area contributed by atoms with Crippen LogP contribution in [-0.4, -0.2) is 18.7 Å². The monoisotopic (exact) mass is 250 g/mol. The Morgan fingerprint density at radius 2 is 1.83 bits per heavy atom. The van der Waals surface area contributed by atoms with Crippen LogP contribution in [0.1, 0.15) is 39.2 Å². The summed E-state index contributed by atoms with van der Waals surface area (Å²) in [5.74, 6) is 0.442. The first-order chi connectivity index (χ1) is 8.71. The maximum Gasteiger partial charge on any atom is 0.347 e. The Hall–Kier alpha value is -1.51. The Labute approximate surface area is 109 Å². The van der Waals surface area contributed by atoms with Crippen molar-refractivity contribution in [3.05, 3.63) is 29.8 Å². The lowest BCUT2D eigenvalue weighted by Gasteiger charge is -2.17. The number of esters is 1. The first-order valence-corrected chi connectivity index (χ1v) is 6.63. The largest absolute Gasteiger partial charge is 0.479 e. The van der Waals surface area contributed by atoms with Gasteiger partial charge in [-0.05, 0) is 37.5 Å². The third-order valence-electron chi connectivity index (χ3n) is 2.71. The smallest absolute Gasteiger partial charge is 0.347 e. The van der Waals surface area contributed by atoms with Gasteiger partial charge in [0.1, 0.15) is 5.75 Å². The van der Waals surface area contributed by atoms with Gasteiger partial charge in [0, 0.05) is 0 Å². The van der Waals surface area contributed by atoms with Gasteiger partial charge < -0.3 is 9.47 Å². The predicted octanol–water partition coefficient (Wildman–Crippen LogP) is 3.36. The van der Waals surface area contributed by atoms with E-state index in [-0.39, 0.29) is 5.97 Å². The molecule has 1 aromatic carbocycles. The summed E-state index contributed by atoms with van der Waals surface area (Å²) in [5, 5.41) is 0. The van der Waals surface area contributed by atoms with Crippen molar-refractivity contribution in [3.63, 3.8) is 0 Å². The molecule has 0 aliphatic rings. The van der Waals surface area contributed by atoms with Gasteiger partial charge in [-0.25, -0.2) is 4.79 Å². The van der Waals surface area contributed by atoms with Crippen molar-refractivity contribution in [2.75, 3.05) is 6.61 Å². The van der Waals surface area contributed by atoms with Gasteiger partial charge >= 0.3 is 5.97 Å². The zero-order valence-corrected chi connectivity index (χ0v) is 11.4. The summed E-state index contributed by atoms with van der Waals surface area (Å²) in [6.07, 6.45) is 2.06. The molecule has 1 atom stereocenters. The van der Waals surface area contributed by atoms with Crippen LogP contribution in [0.25, 0.3) is 0 Å². The second-order valence-corrected chi connectivity index (χ2v) is 4.14. The molecule has 0 amide bonds. The van der Waals surface area contributed by atoms with Gasteiger partial charge in [0.15, 0.2) is 6.10 Å². The Morgan fingerprint density at radius 1 is 1.17 bits per heavy atom. The van der Waals surface area contributed by atoms with E-state index in [4.69, 9.17) is 9.47 Å². The van der Waals surface area contributed by atoms with Crippen LogP contribution in [0.5, 0.6) is 5.75 Å². The average Bonchev–Trinajstić information content (AvgIpc) is 2.39. The molecular weight excluding hydrogens is 228 g/mol. The van der Waals surface area contributed by atoms with Crippen LogP contribution >= 0.6 is 0 Å². The molecular formula is C15H22O3. The first-order valence-electron chi connectivity index (χ1n) is 6.63. The highest BCUT2D eigenvalue weighted by atomic mass is 16.6. The standard InChI is InChI=1S/C15H22O3/c1-4-7-14(15(16)17-6-3)18-13-10-8-12(5-2)9-11-13/h8-11,14H,4-7H2,1-3H3. The Morgan fingerprint density at radius 3 is 2.33 bits per heavy atom. The lowest BCUT2D eigenvalue weighted by molar-refractivity contribution is -0.151. The molecule has 3 heteroatoms. The van der Waals surface area contributed by atoms with Gasteiger partial charge in [0.05, 0.1) is 6.61 Å². The van der Waals surface area contributed by atoms with E-state index in [1.807, 2.05) is 31.2 Å². The summed E-state index contributed by atoms with van der Waals surface area (Å²) in [4.78, 5) is 11.7. The highest BCUT2D eigenvalue weighted by Crippen LogP contribution is 2.16. The van der Waals surface area contributed by atoms with Gasteiger partial charge in [-0.1, -0.05) is 32.4 Å². The number of rotatable bonds is 7. The SMILES string of the molecule is CCCC(Oc1ccc(CC)cc1)C(=O)OCC. The molecule has 0 spiro atoms. The Kier molecular flexibility index (Phi) is 6.26. The molecule has 0 radical (unpaired) electrons. The quantitative estimate of drug-likeness (QED) is 0.696. The van der Waals surface area contributed by atoms with Crippen molar-refractivity contribution in [3.8, 4) is 5.75 Å². The highest BCUT2D eigenvalue weighted by molar-refractivity contribution is 5.75. The Balaban J connectivity index is 2.66. The van der Waals surface area contributed by atoms with Gasteiger partial charge in [0.2, 0.25) is 0 Å². The van der Waals surface area contributed by atoms with Crippen molar-refractivity contribution in [1.29, 1.82) is 0 Å². The number of carbonyl (C=O) groups is 1. The van der Waals surface area contributed by atoms with Gasteiger partial charge in [-0.15, -0.1) is 0 Å². The summed E-state index contributed by atoms with van der Waals surface area (Å²) in [5.41, 5.74) is 1.26. The van der Waals surface area contributed by atoms with E-state index in [9.17, 15) is 4.79 Å². The number of aryl methyl sites for hydroxylation is 1. The van der Waals surface area contributed by atoms with Crippen molar-refractivity contribution >= 4 is 5.97 Å². The van der Waals surface area contributed by atoms with Crippen LogP contribution in [0.3, 0.4) is 0 Å². The molecule has 0 aromatic heterocycles. The lowest BCUT2D eigenvalue weighted by Crippen LogP contribution is -2.29. The van der Waals surface area contributed by atoms with Crippen LogP contribution in [-0.2, 0) is 16.0 Å². The van der Waals surface area contributed by atoms with Gasteiger partial charge in [0.25, 0.3) is 0 Å². The molecule has 0 saturated heterocycles. The lowest BCUT2D eigenvalue weighted by atomic mass is 10.1.